The quantitative estimate of drug-likeness (QED) is 0.716. The highest BCUT2D eigenvalue weighted by molar-refractivity contribution is 5.28. The first-order valence-electron chi connectivity index (χ1n) is 6.30. The van der Waals surface area contributed by atoms with Gasteiger partial charge in [0.05, 0.1) is 6.61 Å². The molecule has 0 saturated heterocycles. The van der Waals surface area contributed by atoms with E-state index in [4.69, 9.17) is 10.5 Å². The van der Waals surface area contributed by atoms with Gasteiger partial charge in [0.2, 0.25) is 0 Å². The van der Waals surface area contributed by atoms with Crippen molar-refractivity contribution in [2.75, 3.05) is 13.2 Å². The van der Waals surface area contributed by atoms with Crippen LogP contribution in [0.3, 0.4) is 0 Å². The van der Waals surface area contributed by atoms with Crippen molar-refractivity contribution in [2.45, 2.75) is 32.1 Å². The molecule has 0 radical (unpaired) electrons. The number of nitrogens with two attached hydrogens (primary N) is 1. The maximum atomic E-state index is 5.75. The van der Waals surface area contributed by atoms with Crippen LogP contribution in [0.2, 0.25) is 0 Å². The van der Waals surface area contributed by atoms with Crippen LogP contribution in [0.5, 0.6) is 5.75 Å². The second kappa shape index (κ2) is 5.90. The molecule has 0 spiro atoms. The third-order valence-electron chi connectivity index (χ3n) is 3.00. The third-order valence-corrected chi connectivity index (χ3v) is 3.00. The molecule has 0 bridgehead atoms. The van der Waals surface area contributed by atoms with Crippen molar-refractivity contribution in [1.82, 2.24) is 0 Å². The van der Waals surface area contributed by atoms with Gasteiger partial charge in [0.15, 0.2) is 0 Å². The summed E-state index contributed by atoms with van der Waals surface area (Å²) in [4.78, 5) is 0. The monoisotopic (exact) mass is 219 g/mol. The largest absolute Gasteiger partial charge is 0.493 e. The van der Waals surface area contributed by atoms with Gasteiger partial charge in [-0.3, -0.25) is 0 Å². The predicted octanol–water partition coefficient (Wildman–Crippen LogP) is 2.76. The van der Waals surface area contributed by atoms with Crippen LogP contribution in [0.15, 0.2) is 24.3 Å². The van der Waals surface area contributed by atoms with Crippen molar-refractivity contribution >= 4 is 0 Å². The summed E-state index contributed by atoms with van der Waals surface area (Å²) in [5.74, 6) is 1.85. The standard InChI is InChI=1S/C14H21NO/c15-9-2-1-4-12-5-3-6-14(10-12)16-11-13-7-8-13/h3,5-6,10,13H,1-2,4,7-9,11,15H2. The van der Waals surface area contributed by atoms with Crippen LogP contribution in [0, 0.1) is 5.92 Å². The van der Waals surface area contributed by atoms with E-state index in [0.29, 0.717) is 0 Å². The Morgan fingerprint density at radius 2 is 2.12 bits per heavy atom. The zero-order valence-electron chi connectivity index (χ0n) is 9.82. The highest BCUT2D eigenvalue weighted by Gasteiger charge is 2.21. The van der Waals surface area contributed by atoms with E-state index in [1.807, 2.05) is 0 Å². The number of hydrogen-bond donors (Lipinski definition) is 1. The molecular weight excluding hydrogens is 198 g/mol. The normalized spacial score (nSPS) is 15.1. The lowest BCUT2D eigenvalue weighted by Crippen LogP contribution is -2.00. The Balaban J connectivity index is 1.80. The van der Waals surface area contributed by atoms with Gasteiger partial charge in [-0.2, -0.15) is 0 Å². The average Bonchev–Trinajstić information content (AvgIpc) is 3.11. The Bertz CT molecular complexity index is 320. The van der Waals surface area contributed by atoms with Crippen LogP contribution in [-0.4, -0.2) is 13.2 Å². The molecule has 1 aliphatic rings. The highest BCUT2D eigenvalue weighted by atomic mass is 16.5. The van der Waals surface area contributed by atoms with Gasteiger partial charge >= 0.3 is 0 Å². The highest BCUT2D eigenvalue weighted by Crippen LogP contribution is 2.29. The lowest BCUT2D eigenvalue weighted by Gasteiger charge is -2.07. The van der Waals surface area contributed by atoms with E-state index in [0.717, 1.165) is 37.7 Å². The fraction of sp³-hybridized carbons (Fsp3) is 0.571. The second-order valence-electron chi connectivity index (χ2n) is 4.65. The van der Waals surface area contributed by atoms with Crippen LogP contribution in [0.1, 0.15) is 31.2 Å². The zero-order valence-corrected chi connectivity index (χ0v) is 9.82. The third kappa shape index (κ3) is 3.86. The Hall–Kier alpha value is -1.02. The smallest absolute Gasteiger partial charge is 0.119 e. The molecule has 0 aromatic heterocycles. The van der Waals surface area contributed by atoms with Crippen molar-refractivity contribution in [3.05, 3.63) is 29.8 Å². The fourth-order valence-corrected chi connectivity index (χ4v) is 1.76. The van der Waals surface area contributed by atoms with E-state index < -0.39 is 0 Å². The molecule has 2 heteroatoms. The number of aryl methyl sites for hydroxylation is 1. The Kier molecular flexibility index (Phi) is 4.23. The van der Waals surface area contributed by atoms with Gasteiger partial charge in [0.25, 0.3) is 0 Å². The molecule has 16 heavy (non-hydrogen) atoms. The van der Waals surface area contributed by atoms with Crippen LogP contribution >= 0.6 is 0 Å². The number of ether oxygens (including phenoxy) is 1. The summed E-state index contributed by atoms with van der Waals surface area (Å²) in [6.45, 7) is 1.68. The van der Waals surface area contributed by atoms with Gasteiger partial charge in [-0.1, -0.05) is 12.1 Å². The number of rotatable bonds is 7. The average molecular weight is 219 g/mol. The Labute approximate surface area is 97.8 Å². The topological polar surface area (TPSA) is 35.2 Å². The Morgan fingerprint density at radius 3 is 2.88 bits per heavy atom. The molecule has 0 atom stereocenters. The summed E-state index contributed by atoms with van der Waals surface area (Å²) in [6.07, 6.45) is 6.07. The van der Waals surface area contributed by atoms with Gasteiger partial charge < -0.3 is 10.5 Å². The lowest BCUT2D eigenvalue weighted by molar-refractivity contribution is 0.299. The minimum atomic E-state index is 0.790. The van der Waals surface area contributed by atoms with Gasteiger partial charge in [-0.05, 0) is 62.3 Å². The zero-order chi connectivity index (χ0) is 11.2. The van der Waals surface area contributed by atoms with E-state index in [1.165, 1.54) is 24.8 Å². The molecular formula is C14H21NO. The molecule has 1 saturated carbocycles. The van der Waals surface area contributed by atoms with Crippen molar-refractivity contribution in [3.8, 4) is 5.75 Å². The molecule has 1 fully saturated rings. The second-order valence-corrected chi connectivity index (χ2v) is 4.65. The number of unbranched alkanes of at least 4 members (excludes halogenated alkanes) is 1. The minimum absolute atomic E-state index is 0.790. The SMILES string of the molecule is NCCCCc1cccc(OCC2CC2)c1. The number of hydrogen-bond acceptors (Lipinski definition) is 2. The van der Waals surface area contributed by atoms with Crippen molar-refractivity contribution < 1.29 is 4.74 Å². The van der Waals surface area contributed by atoms with Gasteiger partial charge in [-0.25, -0.2) is 0 Å². The Morgan fingerprint density at radius 1 is 1.25 bits per heavy atom. The van der Waals surface area contributed by atoms with Gasteiger partial charge in [0.1, 0.15) is 5.75 Å². The van der Waals surface area contributed by atoms with Crippen molar-refractivity contribution in [1.29, 1.82) is 0 Å². The molecule has 0 heterocycles. The molecule has 2 nitrogen and oxygen atoms in total. The van der Waals surface area contributed by atoms with Crippen LogP contribution < -0.4 is 10.5 Å². The van der Waals surface area contributed by atoms with Gasteiger partial charge in [-0.15, -0.1) is 0 Å². The summed E-state index contributed by atoms with van der Waals surface area (Å²) >= 11 is 0. The molecule has 0 aliphatic heterocycles. The molecule has 1 aliphatic carbocycles. The molecule has 0 unspecified atom stereocenters. The molecule has 88 valence electrons. The van der Waals surface area contributed by atoms with Crippen LogP contribution in [0.4, 0.5) is 0 Å². The lowest BCUT2D eigenvalue weighted by atomic mass is 10.1. The van der Waals surface area contributed by atoms with Crippen LogP contribution in [-0.2, 0) is 6.42 Å². The summed E-state index contributed by atoms with van der Waals surface area (Å²) in [5.41, 5.74) is 6.85. The minimum Gasteiger partial charge on any atom is -0.493 e. The molecule has 0 amide bonds. The first kappa shape index (κ1) is 11.5. The van der Waals surface area contributed by atoms with Gasteiger partial charge in [0, 0.05) is 0 Å². The van der Waals surface area contributed by atoms with Crippen molar-refractivity contribution in [2.24, 2.45) is 11.7 Å². The first-order valence-corrected chi connectivity index (χ1v) is 6.30. The molecule has 2 N–H and O–H groups in total. The van der Waals surface area contributed by atoms with Crippen LogP contribution in [0.25, 0.3) is 0 Å². The fourth-order valence-electron chi connectivity index (χ4n) is 1.76. The molecule has 1 aromatic rings. The van der Waals surface area contributed by atoms with E-state index >= 15 is 0 Å². The molecule has 2 rings (SSSR count). The van der Waals surface area contributed by atoms with E-state index in [2.05, 4.69) is 24.3 Å². The van der Waals surface area contributed by atoms with E-state index in [9.17, 15) is 0 Å². The summed E-state index contributed by atoms with van der Waals surface area (Å²) in [6, 6.07) is 8.47. The first-order chi connectivity index (χ1) is 7.88. The maximum Gasteiger partial charge on any atom is 0.119 e. The van der Waals surface area contributed by atoms with E-state index in [-0.39, 0.29) is 0 Å². The summed E-state index contributed by atoms with van der Waals surface area (Å²) < 4.78 is 5.75. The number of benzene rings is 1. The van der Waals surface area contributed by atoms with E-state index in [1.54, 1.807) is 0 Å². The van der Waals surface area contributed by atoms with Crippen molar-refractivity contribution in [3.63, 3.8) is 0 Å². The maximum absolute atomic E-state index is 5.75. The summed E-state index contributed by atoms with van der Waals surface area (Å²) in [7, 11) is 0. The predicted molar refractivity (Wildman–Crippen MR) is 66.7 cm³/mol. The molecule has 1 aromatic carbocycles. The summed E-state index contributed by atoms with van der Waals surface area (Å²) in [5, 5.41) is 0.